The Bertz CT molecular complexity index is 786. The molecule has 0 saturated heterocycles. The molecule has 122 valence electrons. The minimum absolute atomic E-state index is 0.0130. The van der Waals surface area contributed by atoms with E-state index in [0.29, 0.717) is 5.69 Å². The second kappa shape index (κ2) is 7.26. The number of carbonyl (C=O) groups excluding carboxylic acids is 1. The molecule has 2 aromatic rings. The average molecular weight is 334 g/mol. The summed E-state index contributed by atoms with van der Waals surface area (Å²) >= 11 is 0. The van der Waals surface area contributed by atoms with Gasteiger partial charge in [-0.25, -0.2) is 13.1 Å². The van der Waals surface area contributed by atoms with Crippen molar-refractivity contribution in [3.8, 4) is 5.75 Å². The molecule has 0 bridgehead atoms. The highest BCUT2D eigenvalue weighted by molar-refractivity contribution is 7.89. The van der Waals surface area contributed by atoms with Crippen LogP contribution in [0, 0.1) is 6.92 Å². The van der Waals surface area contributed by atoms with Gasteiger partial charge in [-0.3, -0.25) is 4.79 Å². The molecule has 0 radical (unpaired) electrons. The predicted molar refractivity (Wildman–Crippen MR) is 87.7 cm³/mol. The summed E-state index contributed by atoms with van der Waals surface area (Å²) in [7, 11) is -3.62. The number of hydrogen-bond donors (Lipinski definition) is 3. The predicted octanol–water partition coefficient (Wildman–Crippen LogP) is 2.01. The van der Waals surface area contributed by atoms with Crippen molar-refractivity contribution in [3.63, 3.8) is 0 Å². The molecular formula is C16H18N2O4S. The van der Waals surface area contributed by atoms with Crippen molar-refractivity contribution in [1.29, 1.82) is 0 Å². The molecule has 2 rings (SSSR count). The van der Waals surface area contributed by atoms with Crippen molar-refractivity contribution in [2.75, 3.05) is 11.9 Å². The van der Waals surface area contributed by atoms with E-state index in [1.165, 1.54) is 24.3 Å². The second-order valence-electron chi connectivity index (χ2n) is 5.06. The fourth-order valence-corrected chi connectivity index (χ4v) is 2.94. The van der Waals surface area contributed by atoms with Crippen molar-refractivity contribution in [1.82, 2.24) is 4.72 Å². The molecule has 0 heterocycles. The Balaban J connectivity index is 1.86. The van der Waals surface area contributed by atoms with E-state index >= 15 is 0 Å². The van der Waals surface area contributed by atoms with Crippen molar-refractivity contribution >= 4 is 21.6 Å². The number of benzene rings is 2. The van der Waals surface area contributed by atoms with Crippen LogP contribution in [0.2, 0.25) is 0 Å². The number of hydrogen-bond acceptors (Lipinski definition) is 4. The minimum atomic E-state index is -3.62. The Morgan fingerprint density at radius 3 is 2.48 bits per heavy atom. The molecule has 0 aliphatic heterocycles. The van der Waals surface area contributed by atoms with Gasteiger partial charge in [-0.2, -0.15) is 0 Å². The molecule has 23 heavy (non-hydrogen) atoms. The van der Waals surface area contributed by atoms with Crippen LogP contribution in [-0.4, -0.2) is 26.0 Å². The maximum Gasteiger partial charge on any atom is 0.240 e. The van der Waals surface area contributed by atoms with Crippen molar-refractivity contribution in [3.05, 3.63) is 54.1 Å². The van der Waals surface area contributed by atoms with Crippen LogP contribution < -0.4 is 10.0 Å². The minimum Gasteiger partial charge on any atom is -0.508 e. The molecule has 0 atom stereocenters. The molecule has 6 nitrogen and oxygen atoms in total. The summed E-state index contributed by atoms with van der Waals surface area (Å²) in [4.78, 5) is 11.9. The van der Waals surface area contributed by atoms with Gasteiger partial charge in [0.1, 0.15) is 5.75 Å². The first-order chi connectivity index (χ1) is 10.9. The maximum atomic E-state index is 12.1. The number of amides is 1. The first-order valence-electron chi connectivity index (χ1n) is 7.02. The molecule has 1 amide bonds. The molecule has 0 unspecified atom stereocenters. The summed E-state index contributed by atoms with van der Waals surface area (Å²) in [6.45, 7) is 1.86. The van der Waals surface area contributed by atoms with E-state index in [2.05, 4.69) is 10.0 Å². The Kier molecular flexibility index (Phi) is 5.36. The lowest BCUT2D eigenvalue weighted by atomic mass is 10.2. The largest absolute Gasteiger partial charge is 0.508 e. The highest BCUT2D eigenvalue weighted by Gasteiger charge is 2.13. The molecule has 0 spiro atoms. The third kappa shape index (κ3) is 5.08. The number of sulfonamides is 1. The van der Waals surface area contributed by atoms with E-state index in [0.717, 1.165) is 5.56 Å². The fraction of sp³-hybridized carbons (Fsp3) is 0.188. The van der Waals surface area contributed by atoms with E-state index in [9.17, 15) is 18.3 Å². The van der Waals surface area contributed by atoms with Gasteiger partial charge in [-0.15, -0.1) is 0 Å². The Labute approximate surface area is 135 Å². The van der Waals surface area contributed by atoms with Crippen LogP contribution in [0.25, 0.3) is 0 Å². The zero-order valence-electron chi connectivity index (χ0n) is 12.6. The first-order valence-corrected chi connectivity index (χ1v) is 8.50. The number of anilines is 1. The van der Waals surface area contributed by atoms with Crippen LogP contribution >= 0.6 is 0 Å². The summed E-state index contributed by atoms with van der Waals surface area (Å²) in [6.07, 6.45) is -0.0131. The van der Waals surface area contributed by atoms with Gasteiger partial charge in [0.05, 0.1) is 4.90 Å². The smallest absolute Gasteiger partial charge is 0.240 e. The van der Waals surface area contributed by atoms with Gasteiger partial charge >= 0.3 is 0 Å². The van der Waals surface area contributed by atoms with Crippen LogP contribution in [-0.2, 0) is 14.8 Å². The highest BCUT2D eigenvalue weighted by Crippen LogP contribution is 2.15. The number of carbonyl (C=O) groups is 1. The number of rotatable bonds is 6. The van der Waals surface area contributed by atoms with Gasteiger partial charge < -0.3 is 10.4 Å². The summed E-state index contributed by atoms with van der Waals surface area (Å²) in [6, 6.07) is 12.6. The lowest BCUT2D eigenvalue weighted by molar-refractivity contribution is -0.116. The van der Waals surface area contributed by atoms with Crippen molar-refractivity contribution in [2.45, 2.75) is 18.2 Å². The van der Waals surface area contributed by atoms with Crippen LogP contribution in [0.4, 0.5) is 5.69 Å². The lowest BCUT2D eigenvalue weighted by Crippen LogP contribution is -2.27. The van der Waals surface area contributed by atoms with E-state index in [-0.39, 0.29) is 29.5 Å². The van der Waals surface area contributed by atoms with Gasteiger partial charge in [0.25, 0.3) is 0 Å². The maximum absolute atomic E-state index is 12.1. The molecule has 0 aromatic heterocycles. The Hall–Kier alpha value is -2.38. The van der Waals surface area contributed by atoms with Crippen molar-refractivity contribution in [2.24, 2.45) is 0 Å². The highest BCUT2D eigenvalue weighted by atomic mass is 32.2. The monoisotopic (exact) mass is 334 g/mol. The van der Waals surface area contributed by atoms with Gasteiger partial charge in [0.2, 0.25) is 15.9 Å². The third-order valence-corrected chi connectivity index (χ3v) is 4.58. The first kappa shape index (κ1) is 17.0. The van der Waals surface area contributed by atoms with Crippen molar-refractivity contribution < 1.29 is 18.3 Å². The molecule has 0 aliphatic carbocycles. The SMILES string of the molecule is Cc1ccc(S(=O)(=O)NCCC(=O)Nc2cccc(O)c2)cc1. The third-order valence-electron chi connectivity index (χ3n) is 3.11. The molecule has 2 aromatic carbocycles. The lowest BCUT2D eigenvalue weighted by Gasteiger charge is -2.08. The number of aromatic hydroxyl groups is 1. The summed E-state index contributed by atoms with van der Waals surface area (Å²) in [5.74, 6) is -0.301. The van der Waals surface area contributed by atoms with Crippen LogP contribution in [0.3, 0.4) is 0 Å². The summed E-state index contributed by atoms with van der Waals surface area (Å²) in [5, 5.41) is 11.9. The second-order valence-corrected chi connectivity index (χ2v) is 6.83. The zero-order chi connectivity index (χ0) is 16.9. The number of nitrogens with one attached hydrogen (secondary N) is 2. The molecule has 7 heteroatoms. The standard InChI is InChI=1S/C16H18N2O4S/c1-12-5-7-15(8-6-12)23(21,22)17-10-9-16(20)18-13-3-2-4-14(19)11-13/h2-8,11,17,19H,9-10H2,1H3,(H,18,20). The molecule has 0 saturated carbocycles. The zero-order valence-corrected chi connectivity index (χ0v) is 13.4. The number of phenolic OH excluding ortho intramolecular Hbond substituents is 1. The van der Waals surface area contributed by atoms with Gasteiger partial charge in [-0.1, -0.05) is 23.8 Å². The van der Waals surface area contributed by atoms with E-state index in [4.69, 9.17) is 0 Å². The Morgan fingerprint density at radius 1 is 1.13 bits per heavy atom. The van der Waals surface area contributed by atoms with E-state index in [1.54, 1.807) is 24.3 Å². The van der Waals surface area contributed by atoms with Crippen LogP contribution in [0.1, 0.15) is 12.0 Å². The molecule has 0 fully saturated rings. The van der Waals surface area contributed by atoms with Crippen LogP contribution in [0.15, 0.2) is 53.4 Å². The van der Waals surface area contributed by atoms with Gasteiger partial charge in [0, 0.05) is 24.7 Å². The Morgan fingerprint density at radius 2 is 1.83 bits per heavy atom. The quantitative estimate of drug-likeness (QED) is 0.753. The molecule has 3 N–H and O–H groups in total. The molecule has 0 aliphatic rings. The number of phenols is 1. The summed E-state index contributed by atoms with van der Waals surface area (Å²) in [5.41, 5.74) is 1.42. The average Bonchev–Trinajstić information content (AvgIpc) is 2.47. The van der Waals surface area contributed by atoms with Crippen LogP contribution in [0.5, 0.6) is 5.75 Å². The topological polar surface area (TPSA) is 95.5 Å². The normalized spacial score (nSPS) is 11.2. The van der Waals surface area contributed by atoms with E-state index in [1.807, 2.05) is 6.92 Å². The fourth-order valence-electron chi connectivity index (χ4n) is 1.91. The summed E-state index contributed by atoms with van der Waals surface area (Å²) < 4.78 is 26.5. The number of aryl methyl sites for hydroxylation is 1. The van der Waals surface area contributed by atoms with Gasteiger partial charge in [0.15, 0.2) is 0 Å². The van der Waals surface area contributed by atoms with E-state index < -0.39 is 10.0 Å². The molecular weight excluding hydrogens is 316 g/mol. The van der Waals surface area contributed by atoms with Gasteiger partial charge in [-0.05, 0) is 31.2 Å².